The number of amides is 1. The Labute approximate surface area is 96.3 Å². The summed E-state index contributed by atoms with van der Waals surface area (Å²) in [7, 11) is 0. The first-order valence-electron chi connectivity index (χ1n) is 4.81. The van der Waals surface area contributed by atoms with E-state index in [1.54, 1.807) is 6.92 Å². The summed E-state index contributed by atoms with van der Waals surface area (Å²) in [6, 6.07) is 1.39. The molecule has 1 atom stereocenters. The summed E-state index contributed by atoms with van der Waals surface area (Å²) in [6.07, 6.45) is 4.14. The van der Waals surface area contributed by atoms with Crippen LogP contribution in [-0.4, -0.2) is 30.9 Å². The lowest BCUT2D eigenvalue weighted by Gasteiger charge is -2.10. The predicted octanol–water partition coefficient (Wildman–Crippen LogP) is 0.0726. The van der Waals surface area contributed by atoms with E-state index >= 15 is 0 Å². The van der Waals surface area contributed by atoms with Crippen molar-refractivity contribution in [2.75, 3.05) is 5.32 Å². The highest BCUT2D eigenvalue weighted by Crippen LogP contribution is 2.12. The minimum atomic E-state index is -0.521. The third-order valence-electron chi connectivity index (χ3n) is 2.22. The van der Waals surface area contributed by atoms with Crippen LogP contribution in [0.2, 0.25) is 0 Å². The zero-order valence-corrected chi connectivity index (χ0v) is 8.95. The van der Waals surface area contributed by atoms with Gasteiger partial charge in [-0.3, -0.25) is 9.89 Å². The molecule has 0 aromatic carbocycles. The quantitative estimate of drug-likeness (QED) is 0.776. The Balaban J connectivity index is 2.10. The molecule has 0 spiro atoms. The van der Waals surface area contributed by atoms with Crippen LogP contribution in [-0.2, 0) is 4.79 Å². The highest BCUT2D eigenvalue weighted by atomic mass is 16.2. The number of anilines is 1. The zero-order chi connectivity index (χ0) is 12.3. The number of H-pyrrole nitrogens is 1. The molecule has 2 N–H and O–H groups in total. The minimum absolute atomic E-state index is 0.282. The number of hydrogen-bond acceptors (Lipinski definition) is 5. The SMILES string of the molecule is CC(C(=O)Nc1[nH]ncc1C#N)n1cncn1. The maximum atomic E-state index is 11.8. The van der Waals surface area contributed by atoms with E-state index in [4.69, 9.17) is 5.26 Å². The van der Waals surface area contributed by atoms with Crippen LogP contribution in [0.1, 0.15) is 18.5 Å². The van der Waals surface area contributed by atoms with Crippen molar-refractivity contribution in [1.29, 1.82) is 5.26 Å². The summed E-state index contributed by atoms with van der Waals surface area (Å²) in [5.41, 5.74) is 0.282. The van der Waals surface area contributed by atoms with Crippen molar-refractivity contribution in [3.63, 3.8) is 0 Å². The second kappa shape index (κ2) is 4.44. The van der Waals surface area contributed by atoms with Gasteiger partial charge in [-0.25, -0.2) is 9.67 Å². The Morgan fingerprint density at radius 3 is 3.18 bits per heavy atom. The van der Waals surface area contributed by atoms with E-state index in [2.05, 4.69) is 25.6 Å². The number of aromatic amines is 1. The van der Waals surface area contributed by atoms with Crippen molar-refractivity contribution >= 4 is 11.7 Å². The molecule has 0 aliphatic carbocycles. The van der Waals surface area contributed by atoms with Crippen molar-refractivity contribution in [2.24, 2.45) is 0 Å². The van der Waals surface area contributed by atoms with Crippen LogP contribution in [0.5, 0.6) is 0 Å². The fraction of sp³-hybridized carbons (Fsp3) is 0.222. The van der Waals surface area contributed by atoms with Gasteiger partial charge in [-0.15, -0.1) is 0 Å². The number of nitriles is 1. The van der Waals surface area contributed by atoms with E-state index in [9.17, 15) is 4.79 Å². The van der Waals surface area contributed by atoms with E-state index in [0.29, 0.717) is 0 Å². The lowest BCUT2D eigenvalue weighted by atomic mass is 10.3. The number of carbonyl (C=O) groups excluding carboxylic acids is 1. The Morgan fingerprint density at radius 2 is 2.53 bits per heavy atom. The average Bonchev–Trinajstić information content (AvgIpc) is 2.98. The van der Waals surface area contributed by atoms with Crippen molar-refractivity contribution in [3.8, 4) is 6.07 Å². The molecule has 0 saturated heterocycles. The van der Waals surface area contributed by atoms with Gasteiger partial charge in [-0.1, -0.05) is 0 Å². The predicted molar refractivity (Wildman–Crippen MR) is 56.7 cm³/mol. The maximum absolute atomic E-state index is 11.8. The fourth-order valence-corrected chi connectivity index (χ4v) is 1.23. The van der Waals surface area contributed by atoms with Crippen molar-refractivity contribution in [1.82, 2.24) is 25.0 Å². The van der Waals surface area contributed by atoms with Crippen LogP contribution in [0, 0.1) is 11.3 Å². The number of aromatic nitrogens is 5. The summed E-state index contributed by atoms with van der Waals surface area (Å²) in [6.45, 7) is 1.67. The average molecular weight is 231 g/mol. The van der Waals surface area contributed by atoms with Gasteiger partial charge in [-0.05, 0) is 6.92 Å². The number of nitrogens with one attached hydrogen (secondary N) is 2. The second-order valence-corrected chi connectivity index (χ2v) is 3.31. The third-order valence-corrected chi connectivity index (χ3v) is 2.22. The second-order valence-electron chi connectivity index (χ2n) is 3.31. The Bertz CT molecular complexity index is 550. The molecule has 2 aromatic heterocycles. The minimum Gasteiger partial charge on any atom is -0.308 e. The Morgan fingerprint density at radius 1 is 1.71 bits per heavy atom. The maximum Gasteiger partial charge on any atom is 0.250 e. The van der Waals surface area contributed by atoms with Crippen LogP contribution in [0.25, 0.3) is 0 Å². The van der Waals surface area contributed by atoms with E-state index in [-0.39, 0.29) is 17.3 Å². The molecule has 0 aliphatic rings. The van der Waals surface area contributed by atoms with E-state index in [1.165, 1.54) is 23.5 Å². The molecule has 2 aromatic rings. The fourth-order valence-electron chi connectivity index (χ4n) is 1.23. The molecule has 2 heterocycles. The van der Waals surface area contributed by atoms with Crippen molar-refractivity contribution < 1.29 is 4.79 Å². The van der Waals surface area contributed by atoms with Gasteiger partial charge in [0.25, 0.3) is 0 Å². The molecule has 0 aliphatic heterocycles. The molecule has 8 heteroatoms. The normalized spacial score (nSPS) is 11.8. The highest BCUT2D eigenvalue weighted by molar-refractivity contribution is 5.93. The van der Waals surface area contributed by atoms with E-state index < -0.39 is 6.04 Å². The number of hydrogen-bond donors (Lipinski definition) is 2. The van der Waals surface area contributed by atoms with Crippen molar-refractivity contribution in [2.45, 2.75) is 13.0 Å². The monoisotopic (exact) mass is 231 g/mol. The Hall–Kier alpha value is -2.69. The van der Waals surface area contributed by atoms with E-state index in [0.717, 1.165) is 0 Å². The molecule has 0 fully saturated rings. The molecule has 17 heavy (non-hydrogen) atoms. The summed E-state index contributed by atoms with van der Waals surface area (Å²) in [5, 5.41) is 21.4. The zero-order valence-electron chi connectivity index (χ0n) is 8.95. The van der Waals surface area contributed by atoms with Crippen LogP contribution in [0.15, 0.2) is 18.9 Å². The molecule has 1 unspecified atom stereocenters. The van der Waals surface area contributed by atoms with Gasteiger partial charge in [0, 0.05) is 0 Å². The van der Waals surface area contributed by atoms with Gasteiger partial charge in [0.05, 0.1) is 6.20 Å². The largest absolute Gasteiger partial charge is 0.308 e. The van der Waals surface area contributed by atoms with Crippen LogP contribution in [0.4, 0.5) is 5.82 Å². The van der Waals surface area contributed by atoms with Crippen molar-refractivity contribution in [3.05, 3.63) is 24.4 Å². The summed E-state index contributed by atoms with van der Waals surface area (Å²) in [4.78, 5) is 15.6. The number of rotatable bonds is 3. The highest BCUT2D eigenvalue weighted by Gasteiger charge is 2.17. The summed E-state index contributed by atoms with van der Waals surface area (Å²) in [5.74, 6) is -0.0271. The molecule has 86 valence electrons. The van der Waals surface area contributed by atoms with Gasteiger partial charge in [0.2, 0.25) is 5.91 Å². The van der Waals surface area contributed by atoms with Crippen LogP contribution < -0.4 is 5.32 Å². The smallest absolute Gasteiger partial charge is 0.250 e. The molecular formula is C9H9N7O. The number of nitrogens with zero attached hydrogens (tertiary/aromatic N) is 5. The lowest BCUT2D eigenvalue weighted by molar-refractivity contribution is -0.119. The third kappa shape index (κ3) is 2.12. The molecule has 2 rings (SSSR count). The summed E-state index contributed by atoms with van der Waals surface area (Å²) < 4.78 is 1.41. The van der Waals surface area contributed by atoms with Crippen LogP contribution >= 0.6 is 0 Å². The molecule has 0 saturated carbocycles. The first kappa shape index (κ1) is 10.8. The van der Waals surface area contributed by atoms with E-state index in [1.807, 2.05) is 6.07 Å². The van der Waals surface area contributed by atoms with Gasteiger partial charge in [0.15, 0.2) is 0 Å². The van der Waals surface area contributed by atoms with Gasteiger partial charge in [-0.2, -0.15) is 15.5 Å². The molecule has 8 nitrogen and oxygen atoms in total. The topological polar surface area (TPSA) is 112 Å². The first-order valence-corrected chi connectivity index (χ1v) is 4.81. The summed E-state index contributed by atoms with van der Waals surface area (Å²) >= 11 is 0. The molecule has 0 radical (unpaired) electrons. The van der Waals surface area contributed by atoms with Gasteiger partial charge >= 0.3 is 0 Å². The molecular weight excluding hydrogens is 222 g/mol. The van der Waals surface area contributed by atoms with Gasteiger partial charge in [0.1, 0.15) is 36.1 Å². The lowest BCUT2D eigenvalue weighted by Crippen LogP contribution is -2.24. The van der Waals surface area contributed by atoms with Gasteiger partial charge < -0.3 is 5.32 Å². The Kier molecular flexibility index (Phi) is 2.83. The number of carbonyl (C=O) groups is 1. The first-order chi connectivity index (χ1) is 8.22. The standard InChI is InChI=1S/C9H9N7O/c1-6(16-5-11-4-13-16)9(17)14-8-7(2-10)3-12-15-8/h3-6H,1H3,(H2,12,14,15,17). The molecule has 1 amide bonds. The molecule has 0 bridgehead atoms. The van der Waals surface area contributed by atoms with Crippen LogP contribution in [0.3, 0.4) is 0 Å².